The highest BCUT2D eigenvalue weighted by Gasteiger charge is 2.42. The van der Waals surface area contributed by atoms with Crippen LogP contribution >= 0.6 is 0 Å². The molecule has 2 aliphatic heterocycles. The maximum absolute atomic E-state index is 14.1. The molecule has 2 amide bonds. The van der Waals surface area contributed by atoms with Crippen LogP contribution in [0.3, 0.4) is 0 Å². The topological polar surface area (TPSA) is 83.6 Å². The van der Waals surface area contributed by atoms with E-state index in [9.17, 15) is 22.8 Å². The maximum Gasteiger partial charge on any atom is 0.416 e. The summed E-state index contributed by atoms with van der Waals surface area (Å²) in [6.45, 7) is 2.77. The monoisotopic (exact) mass is 640 g/mol. The summed E-state index contributed by atoms with van der Waals surface area (Å²) in [5, 5.41) is 2.93. The number of carbonyl (C=O) groups excluding carboxylic acids is 2. The van der Waals surface area contributed by atoms with Crippen LogP contribution in [-0.2, 0) is 22.3 Å². The van der Waals surface area contributed by atoms with Crippen LogP contribution in [0.2, 0.25) is 0 Å². The molecular formula is C34H39F3N4O5. The van der Waals surface area contributed by atoms with E-state index in [1.54, 1.807) is 54.5 Å². The first-order valence-corrected chi connectivity index (χ1v) is 15.1. The Morgan fingerprint density at radius 1 is 0.891 bits per heavy atom. The van der Waals surface area contributed by atoms with Gasteiger partial charge in [0.1, 0.15) is 5.75 Å². The molecule has 3 aromatic carbocycles. The van der Waals surface area contributed by atoms with Crippen molar-refractivity contribution in [3.63, 3.8) is 0 Å². The molecule has 2 heterocycles. The second-order valence-corrected chi connectivity index (χ2v) is 11.5. The number of alkyl halides is 3. The lowest BCUT2D eigenvalue weighted by Crippen LogP contribution is -2.48. The summed E-state index contributed by atoms with van der Waals surface area (Å²) < 4.78 is 57.5. The van der Waals surface area contributed by atoms with Crippen molar-refractivity contribution >= 4 is 23.2 Å². The van der Waals surface area contributed by atoms with Crippen molar-refractivity contribution in [1.82, 2.24) is 10.2 Å². The molecular weight excluding hydrogens is 601 g/mol. The number of likely N-dealkylation sites (N-methyl/N-ethyl adjacent to an activating group) is 1. The minimum atomic E-state index is -4.53. The standard InChI is InChI=1S/C34H39F3N4O5/c1-39-15-17-40(18-16-39)28-12-6-24(34(35,36)37)19-23(28)21-38-33(43)27-11-14-31(42)41(25-7-9-26(44-2)10-8-25)32(27)22-5-13-29(45-3)30(20-22)46-4/h5-10,12-13,19-20,27,32H,11,14-18,21H2,1-4H3,(H,38,43). The van der Waals surface area contributed by atoms with Crippen molar-refractivity contribution in [3.8, 4) is 17.2 Å². The van der Waals surface area contributed by atoms with Gasteiger partial charge in [0.2, 0.25) is 11.8 Å². The summed E-state index contributed by atoms with van der Waals surface area (Å²) in [7, 11) is 6.58. The number of hydrogen-bond acceptors (Lipinski definition) is 7. The maximum atomic E-state index is 14.1. The SMILES string of the molecule is COc1ccc(N2C(=O)CCC(C(=O)NCc3cc(C(F)(F)F)ccc3N3CCN(C)CC3)C2c2ccc(OC)c(OC)c2)cc1. The van der Waals surface area contributed by atoms with Gasteiger partial charge in [-0.3, -0.25) is 9.59 Å². The van der Waals surface area contributed by atoms with Gasteiger partial charge in [-0.15, -0.1) is 0 Å². The fourth-order valence-electron chi connectivity index (χ4n) is 6.21. The van der Waals surface area contributed by atoms with Gasteiger partial charge in [0.25, 0.3) is 0 Å². The van der Waals surface area contributed by atoms with E-state index in [-0.39, 0.29) is 31.2 Å². The molecule has 2 atom stereocenters. The molecule has 46 heavy (non-hydrogen) atoms. The minimum Gasteiger partial charge on any atom is -0.497 e. The highest BCUT2D eigenvalue weighted by Crippen LogP contribution is 2.43. The van der Waals surface area contributed by atoms with Gasteiger partial charge in [0.15, 0.2) is 11.5 Å². The largest absolute Gasteiger partial charge is 0.497 e. The number of methoxy groups -OCH3 is 3. The number of anilines is 2. The van der Waals surface area contributed by atoms with Crippen LogP contribution in [0, 0.1) is 5.92 Å². The predicted molar refractivity (Wildman–Crippen MR) is 168 cm³/mol. The predicted octanol–water partition coefficient (Wildman–Crippen LogP) is 5.28. The molecule has 0 radical (unpaired) electrons. The number of amides is 2. The van der Waals surface area contributed by atoms with E-state index >= 15 is 0 Å². The molecule has 1 N–H and O–H groups in total. The Labute approximate surface area is 266 Å². The lowest BCUT2D eigenvalue weighted by atomic mass is 9.83. The normalized spacial score (nSPS) is 19.2. The molecule has 2 aliphatic rings. The molecule has 2 fully saturated rings. The molecule has 0 aromatic heterocycles. The number of halogens is 3. The summed E-state index contributed by atoms with van der Waals surface area (Å²) in [6.07, 6.45) is -4.16. The number of rotatable bonds is 9. The van der Waals surface area contributed by atoms with Gasteiger partial charge in [-0.25, -0.2) is 0 Å². The Hall–Kier alpha value is -4.45. The third-order valence-electron chi connectivity index (χ3n) is 8.74. The molecule has 0 aliphatic carbocycles. The van der Waals surface area contributed by atoms with E-state index in [1.807, 2.05) is 7.05 Å². The Bertz CT molecular complexity index is 1540. The number of nitrogens with one attached hydrogen (secondary N) is 1. The smallest absolute Gasteiger partial charge is 0.416 e. The average molecular weight is 641 g/mol. The van der Waals surface area contributed by atoms with Crippen molar-refractivity contribution in [3.05, 3.63) is 77.4 Å². The highest BCUT2D eigenvalue weighted by atomic mass is 19.4. The van der Waals surface area contributed by atoms with Crippen LogP contribution in [0.15, 0.2) is 60.7 Å². The molecule has 5 rings (SSSR count). The van der Waals surface area contributed by atoms with Gasteiger partial charge in [0.05, 0.1) is 38.9 Å². The molecule has 2 saturated heterocycles. The Balaban J connectivity index is 1.49. The van der Waals surface area contributed by atoms with E-state index < -0.39 is 23.7 Å². The van der Waals surface area contributed by atoms with E-state index in [1.165, 1.54) is 20.3 Å². The lowest BCUT2D eigenvalue weighted by molar-refractivity contribution is -0.137. The summed E-state index contributed by atoms with van der Waals surface area (Å²) in [5.41, 5.74) is 1.51. The summed E-state index contributed by atoms with van der Waals surface area (Å²) in [5.74, 6) is 0.300. The number of nitrogens with zero attached hydrogens (tertiary/aromatic N) is 3. The lowest BCUT2D eigenvalue weighted by Gasteiger charge is -2.41. The molecule has 0 bridgehead atoms. The number of piperidine rings is 1. The van der Waals surface area contributed by atoms with Crippen molar-refractivity contribution in [2.24, 2.45) is 5.92 Å². The van der Waals surface area contributed by atoms with Crippen LogP contribution in [0.5, 0.6) is 17.2 Å². The summed E-state index contributed by atoms with van der Waals surface area (Å²) >= 11 is 0. The van der Waals surface area contributed by atoms with Crippen LogP contribution < -0.4 is 29.3 Å². The quantitative estimate of drug-likeness (QED) is 0.341. The second kappa shape index (κ2) is 13.9. The van der Waals surface area contributed by atoms with Gasteiger partial charge < -0.3 is 34.2 Å². The Kier molecular flexibility index (Phi) is 9.95. The van der Waals surface area contributed by atoms with Crippen molar-refractivity contribution in [1.29, 1.82) is 0 Å². The third kappa shape index (κ3) is 7.01. The highest BCUT2D eigenvalue weighted by molar-refractivity contribution is 5.97. The molecule has 3 aromatic rings. The van der Waals surface area contributed by atoms with Crippen molar-refractivity contribution in [2.75, 3.05) is 64.4 Å². The minimum absolute atomic E-state index is 0.101. The zero-order valence-corrected chi connectivity index (χ0v) is 26.4. The van der Waals surface area contributed by atoms with Gasteiger partial charge >= 0.3 is 6.18 Å². The van der Waals surface area contributed by atoms with E-state index in [0.29, 0.717) is 52.8 Å². The van der Waals surface area contributed by atoms with Gasteiger partial charge in [-0.2, -0.15) is 13.2 Å². The molecule has 246 valence electrons. The number of benzene rings is 3. The molecule has 12 heteroatoms. The number of piperazine rings is 1. The molecule has 0 saturated carbocycles. The van der Waals surface area contributed by atoms with Crippen LogP contribution in [-0.4, -0.2) is 71.3 Å². The number of hydrogen-bond donors (Lipinski definition) is 1. The molecule has 9 nitrogen and oxygen atoms in total. The third-order valence-corrected chi connectivity index (χ3v) is 8.74. The number of ether oxygens (including phenoxy) is 3. The van der Waals surface area contributed by atoms with Crippen molar-refractivity contribution < 1.29 is 37.0 Å². The zero-order chi connectivity index (χ0) is 33.0. The summed E-state index contributed by atoms with van der Waals surface area (Å²) in [6, 6.07) is 15.2. The van der Waals surface area contributed by atoms with Gasteiger partial charge in [-0.1, -0.05) is 6.07 Å². The average Bonchev–Trinajstić information content (AvgIpc) is 3.06. The first-order valence-electron chi connectivity index (χ1n) is 15.1. The Morgan fingerprint density at radius 2 is 1.59 bits per heavy atom. The molecule has 2 unspecified atom stereocenters. The van der Waals surface area contributed by atoms with E-state index in [0.717, 1.165) is 25.2 Å². The van der Waals surface area contributed by atoms with Crippen LogP contribution in [0.1, 0.15) is 35.6 Å². The number of carbonyl (C=O) groups is 2. The Morgan fingerprint density at radius 3 is 2.22 bits per heavy atom. The fraction of sp³-hybridized carbons (Fsp3) is 0.412. The van der Waals surface area contributed by atoms with Gasteiger partial charge in [-0.05, 0) is 79.2 Å². The van der Waals surface area contributed by atoms with Gasteiger partial charge in [0, 0.05) is 50.5 Å². The van der Waals surface area contributed by atoms with E-state index in [4.69, 9.17) is 14.2 Å². The summed E-state index contributed by atoms with van der Waals surface area (Å²) in [4.78, 5) is 33.4. The van der Waals surface area contributed by atoms with E-state index in [2.05, 4.69) is 15.1 Å². The van der Waals surface area contributed by atoms with Crippen LogP contribution in [0.4, 0.5) is 24.5 Å². The fourth-order valence-corrected chi connectivity index (χ4v) is 6.21. The van der Waals surface area contributed by atoms with Crippen molar-refractivity contribution in [2.45, 2.75) is 31.6 Å². The first-order chi connectivity index (χ1) is 22.0. The van der Waals surface area contributed by atoms with Crippen LogP contribution in [0.25, 0.3) is 0 Å². The second-order valence-electron chi connectivity index (χ2n) is 11.5. The molecule has 0 spiro atoms. The first kappa shape index (κ1) is 32.9. The zero-order valence-electron chi connectivity index (χ0n) is 26.4.